The maximum Gasteiger partial charge on any atom is 0.419 e. The van der Waals surface area contributed by atoms with Crippen LogP contribution in [-0.4, -0.2) is 22.0 Å². The molecule has 0 bridgehead atoms. The number of benzene rings is 1. The van der Waals surface area contributed by atoms with E-state index in [9.17, 15) is 9.59 Å². The lowest BCUT2D eigenvalue weighted by atomic mass is 10.0. The number of halogens is 1. The molecular formula is C16H18BrNO3. The van der Waals surface area contributed by atoms with E-state index in [1.54, 1.807) is 24.4 Å². The van der Waals surface area contributed by atoms with Crippen molar-refractivity contribution in [3.8, 4) is 0 Å². The summed E-state index contributed by atoms with van der Waals surface area (Å²) >= 11 is 3.43. The number of hydrogen-bond acceptors (Lipinski definition) is 3. The molecular weight excluding hydrogens is 334 g/mol. The molecule has 0 saturated carbocycles. The second-order valence-electron chi connectivity index (χ2n) is 5.80. The summed E-state index contributed by atoms with van der Waals surface area (Å²) in [7, 11) is 0. The Kier molecular flexibility index (Phi) is 4.23. The van der Waals surface area contributed by atoms with Crippen LogP contribution in [0.4, 0.5) is 4.79 Å². The fourth-order valence-corrected chi connectivity index (χ4v) is 2.75. The Morgan fingerprint density at radius 1 is 1.29 bits per heavy atom. The molecule has 0 N–H and O–H groups in total. The molecule has 0 aliphatic rings. The zero-order chi connectivity index (χ0) is 15.8. The Morgan fingerprint density at radius 3 is 2.52 bits per heavy atom. The molecule has 5 heteroatoms. The third-order valence-electron chi connectivity index (χ3n) is 2.99. The zero-order valence-corrected chi connectivity index (χ0v) is 14.2. The van der Waals surface area contributed by atoms with Crippen molar-refractivity contribution in [1.82, 2.24) is 4.57 Å². The van der Waals surface area contributed by atoms with Gasteiger partial charge in [-0.15, -0.1) is 0 Å². The van der Waals surface area contributed by atoms with Gasteiger partial charge in [0.15, 0.2) is 5.78 Å². The van der Waals surface area contributed by atoms with Crippen LogP contribution in [0.5, 0.6) is 0 Å². The topological polar surface area (TPSA) is 48.3 Å². The lowest BCUT2D eigenvalue weighted by molar-refractivity contribution is 0.0544. The summed E-state index contributed by atoms with van der Waals surface area (Å²) < 4.78 is 7.53. The van der Waals surface area contributed by atoms with Crippen LogP contribution in [-0.2, 0) is 4.74 Å². The highest BCUT2D eigenvalue weighted by Crippen LogP contribution is 2.30. The maximum absolute atomic E-state index is 12.3. The second-order valence-corrected chi connectivity index (χ2v) is 6.66. The number of aromatic nitrogens is 1. The largest absolute Gasteiger partial charge is 0.443 e. The van der Waals surface area contributed by atoms with Crippen LogP contribution in [0.1, 0.15) is 44.5 Å². The second kappa shape index (κ2) is 5.64. The average Bonchev–Trinajstić information content (AvgIpc) is 2.74. The summed E-state index contributed by atoms with van der Waals surface area (Å²) in [6, 6.07) is 5.35. The molecule has 0 unspecified atom stereocenters. The molecule has 112 valence electrons. The van der Waals surface area contributed by atoms with Gasteiger partial charge in [-0.3, -0.25) is 9.36 Å². The Labute approximate surface area is 132 Å². The molecule has 1 aromatic carbocycles. The molecule has 0 aliphatic carbocycles. The highest BCUT2D eigenvalue weighted by atomic mass is 79.9. The minimum absolute atomic E-state index is 0.0447. The Hall–Kier alpha value is -1.62. The maximum atomic E-state index is 12.3. The van der Waals surface area contributed by atoms with Gasteiger partial charge in [0, 0.05) is 28.0 Å². The van der Waals surface area contributed by atoms with Gasteiger partial charge in [-0.2, -0.15) is 0 Å². The minimum atomic E-state index is -0.572. The van der Waals surface area contributed by atoms with E-state index >= 15 is 0 Å². The van der Waals surface area contributed by atoms with E-state index in [1.807, 2.05) is 27.7 Å². The SMILES string of the molecule is CCC(=O)c1cccc2c1c(Br)cn2C(=O)OC(C)(C)C. The van der Waals surface area contributed by atoms with Gasteiger partial charge in [0.05, 0.1) is 5.52 Å². The number of Topliss-reactive ketones (excluding diaryl/α,β-unsaturated/α-hetero) is 1. The number of carbonyl (C=O) groups is 2. The van der Waals surface area contributed by atoms with Crippen molar-refractivity contribution in [3.63, 3.8) is 0 Å². The standard InChI is InChI=1S/C16H18BrNO3/c1-5-13(19)10-7-6-8-12-14(10)11(17)9-18(12)15(20)21-16(2,3)4/h6-9H,5H2,1-4H3. The highest BCUT2D eigenvalue weighted by molar-refractivity contribution is 9.10. The number of rotatable bonds is 2. The molecule has 21 heavy (non-hydrogen) atoms. The molecule has 0 aliphatic heterocycles. The molecule has 0 fully saturated rings. The van der Waals surface area contributed by atoms with Crippen LogP contribution in [0.25, 0.3) is 10.9 Å². The smallest absolute Gasteiger partial charge is 0.419 e. The van der Waals surface area contributed by atoms with Crippen LogP contribution in [0, 0.1) is 0 Å². The van der Waals surface area contributed by atoms with Gasteiger partial charge < -0.3 is 4.74 Å². The van der Waals surface area contributed by atoms with Gasteiger partial charge in [0.2, 0.25) is 0 Å². The molecule has 1 aromatic heterocycles. The van der Waals surface area contributed by atoms with Crippen molar-refractivity contribution in [2.24, 2.45) is 0 Å². The van der Waals surface area contributed by atoms with Gasteiger partial charge >= 0.3 is 6.09 Å². The molecule has 0 spiro atoms. The van der Waals surface area contributed by atoms with Gasteiger partial charge in [-0.1, -0.05) is 19.1 Å². The van der Waals surface area contributed by atoms with E-state index in [-0.39, 0.29) is 5.78 Å². The molecule has 0 atom stereocenters. The fraction of sp³-hybridized carbons (Fsp3) is 0.375. The predicted molar refractivity (Wildman–Crippen MR) is 85.9 cm³/mol. The van der Waals surface area contributed by atoms with Gasteiger partial charge in [-0.05, 0) is 42.8 Å². The molecule has 1 heterocycles. The first kappa shape index (κ1) is 15.8. The monoisotopic (exact) mass is 351 g/mol. The zero-order valence-electron chi connectivity index (χ0n) is 12.6. The lowest BCUT2D eigenvalue weighted by Gasteiger charge is -2.19. The van der Waals surface area contributed by atoms with Crippen molar-refractivity contribution < 1.29 is 14.3 Å². The quantitative estimate of drug-likeness (QED) is 0.731. The minimum Gasteiger partial charge on any atom is -0.443 e. The first-order chi connectivity index (χ1) is 9.74. The summed E-state index contributed by atoms with van der Waals surface area (Å²) in [6.45, 7) is 7.27. The number of ether oxygens (including phenoxy) is 1. The third-order valence-corrected chi connectivity index (χ3v) is 3.60. The van der Waals surface area contributed by atoms with Crippen molar-refractivity contribution in [1.29, 1.82) is 0 Å². The lowest BCUT2D eigenvalue weighted by Crippen LogP contribution is -2.26. The first-order valence-corrected chi connectivity index (χ1v) is 7.60. The van der Waals surface area contributed by atoms with E-state index in [4.69, 9.17) is 4.74 Å². The Morgan fingerprint density at radius 2 is 1.95 bits per heavy atom. The number of carbonyl (C=O) groups excluding carboxylic acids is 2. The predicted octanol–water partition coefficient (Wildman–Crippen LogP) is 4.78. The van der Waals surface area contributed by atoms with Crippen molar-refractivity contribution >= 4 is 38.7 Å². The summed E-state index contributed by atoms with van der Waals surface area (Å²) in [5, 5.41) is 0.746. The third kappa shape index (κ3) is 3.18. The summed E-state index contributed by atoms with van der Waals surface area (Å²) in [5.74, 6) is 0.0447. The van der Waals surface area contributed by atoms with Crippen LogP contribution < -0.4 is 0 Å². The summed E-state index contributed by atoms with van der Waals surface area (Å²) in [5.41, 5.74) is 0.705. The summed E-state index contributed by atoms with van der Waals surface area (Å²) in [6.07, 6.45) is 1.60. The van der Waals surface area contributed by atoms with Gasteiger partial charge in [-0.25, -0.2) is 4.79 Å². The van der Waals surface area contributed by atoms with Gasteiger partial charge in [0.1, 0.15) is 5.60 Å². The van der Waals surface area contributed by atoms with Crippen LogP contribution in [0.2, 0.25) is 0 Å². The molecule has 2 rings (SSSR count). The van der Waals surface area contributed by atoms with Crippen molar-refractivity contribution in [2.75, 3.05) is 0 Å². The van der Waals surface area contributed by atoms with Gasteiger partial charge in [0.25, 0.3) is 0 Å². The molecule has 0 saturated heterocycles. The summed E-state index contributed by atoms with van der Waals surface area (Å²) in [4.78, 5) is 24.3. The molecule has 0 radical (unpaired) electrons. The van der Waals surface area contributed by atoms with Crippen LogP contribution >= 0.6 is 15.9 Å². The van der Waals surface area contributed by atoms with E-state index < -0.39 is 11.7 Å². The molecule has 2 aromatic rings. The molecule has 0 amide bonds. The van der Waals surface area contributed by atoms with Crippen LogP contribution in [0.15, 0.2) is 28.9 Å². The molecule has 4 nitrogen and oxygen atoms in total. The van der Waals surface area contributed by atoms with E-state index in [0.717, 1.165) is 5.39 Å². The van der Waals surface area contributed by atoms with Crippen molar-refractivity contribution in [2.45, 2.75) is 39.7 Å². The Bertz CT molecular complexity index is 710. The number of ketones is 1. The van der Waals surface area contributed by atoms with E-state index in [0.29, 0.717) is 22.0 Å². The van der Waals surface area contributed by atoms with E-state index in [1.165, 1.54) is 4.57 Å². The average molecular weight is 352 g/mol. The number of fused-ring (bicyclic) bond motifs is 1. The van der Waals surface area contributed by atoms with E-state index in [2.05, 4.69) is 15.9 Å². The number of nitrogens with zero attached hydrogens (tertiary/aromatic N) is 1. The van der Waals surface area contributed by atoms with Crippen LogP contribution in [0.3, 0.4) is 0 Å². The normalized spacial score (nSPS) is 11.7. The van der Waals surface area contributed by atoms with Crippen molar-refractivity contribution in [3.05, 3.63) is 34.4 Å². The Balaban J connectivity index is 2.59. The highest BCUT2D eigenvalue weighted by Gasteiger charge is 2.22. The first-order valence-electron chi connectivity index (χ1n) is 6.80. The fourth-order valence-electron chi connectivity index (χ4n) is 2.12. The number of hydrogen-bond donors (Lipinski definition) is 0.